The summed E-state index contributed by atoms with van der Waals surface area (Å²) in [6.07, 6.45) is 3.36. The molecule has 0 aliphatic carbocycles. The number of rotatable bonds is 9. The highest BCUT2D eigenvalue weighted by Crippen LogP contribution is 2.24. The number of methoxy groups -OCH3 is 2. The van der Waals surface area contributed by atoms with Gasteiger partial charge in [0.15, 0.2) is 0 Å². The lowest BCUT2D eigenvalue weighted by Crippen LogP contribution is -2.43. The molecule has 6 heteroatoms. The number of aromatic amines is 1. The van der Waals surface area contributed by atoms with Crippen LogP contribution in [0, 0.1) is 5.92 Å². The second-order valence-corrected chi connectivity index (χ2v) is 8.89. The number of hydrogen-bond donors (Lipinski definition) is 1. The summed E-state index contributed by atoms with van der Waals surface area (Å²) in [5.41, 5.74) is 2.90. The van der Waals surface area contributed by atoms with Gasteiger partial charge in [0.05, 0.1) is 14.2 Å². The molecule has 33 heavy (non-hydrogen) atoms. The monoisotopic (exact) mass is 449 g/mol. The molecule has 2 heterocycles. The summed E-state index contributed by atoms with van der Waals surface area (Å²) in [7, 11) is 3.37. The number of nitrogens with one attached hydrogen (secondary N) is 1. The van der Waals surface area contributed by atoms with Crippen LogP contribution < -0.4 is 9.47 Å². The summed E-state index contributed by atoms with van der Waals surface area (Å²) in [4.78, 5) is 21.1. The van der Waals surface area contributed by atoms with Gasteiger partial charge in [-0.3, -0.25) is 4.79 Å². The van der Waals surface area contributed by atoms with Gasteiger partial charge >= 0.3 is 0 Å². The van der Waals surface area contributed by atoms with Crippen LogP contribution in [-0.2, 0) is 6.42 Å². The average Bonchev–Trinajstić information content (AvgIpc) is 3.29. The van der Waals surface area contributed by atoms with Gasteiger partial charge in [-0.1, -0.05) is 12.1 Å². The number of fused-ring (bicyclic) bond motifs is 1. The quantitative estimate of drug-likeness (QED) is 0.519. The Kier molecular flexibility index (Phi) is 7.55. The Hall–Kier alpha value is -2.99. The Balaban J connectivity index is 1.35. The van der Waals surface area contributed by atoms with Gasteiger partial charge in [-0.25, -0.2) is 0 Å². The molecule has 6 nitrogen and oxygen atoms in total. The molecule has 1 aromatic heterocycles. The number of nitrogens with zero attached hydrogens (tertiary/aromatic N) is 2. The lowest BCUT2D eigenvalue weighted by molar-refractivity contribution is 0.0686. The van der Waals surface area contributed by atoms with E-state index in [0.717, 1.165) is 55.0 Å². The number of ether oxygens (including phenoxy) is 2. The fourth-order valence-electron chi connectivity index (χ4n) is 4.81. The summed E-state index contributed by atoms with van der Waals surface area (Å²) < 4.78 is 10.7. The molecule has 2 aromatic carbocycles. The first-order valence-corrected chi connectivity index (χ1v) is 11.9. The minimum absolute atomic E-state index is 0.0705. The van der Waals surface area contributed by atoms with Crippen LogP contribution in [0.2, 0.25) is 0 Å². The maximum Gasteiger partial charge on any atom is 0.270 e. The minimum Gasteiger partial charge on any atom is -0.497 e. The molecule has 1 unspecified atom stereocenters. The highest BCUT2D eigenvalue weighted by Gasteiger charge is 2.25. The van der Waals surface area contributed by atoms with Gasteiger partial charge in [0.1, 0.15) is 17.2 Å². The van der Waals surface area contributed by atoms with Crippen molar-refractivity contribution in [3.63, 3.8) is 0 Å². The van der Waals surface area contributed by atoms with E-state index in [0.29, 0.717) is 18.2 Å². The van der Waals surface area contributed by atoms with Crippen molar-refractivity contribution in [1.29, 1.82) is 0 Å². The predicted molar refractivity (Wildman–Crippen MR) is 132 cm³/mol. The first-order valence-electron chi connectivity index (χ1n) is 11.9. The molecule has 3 aromatic rings. The molecular weight excluding hydrogens is 414 g/mol. The Morgan fingerprint density at radius 3 is 2.73 bits per heavy atom. The van der Waals surface area contributed by atoms with Crippen LogP contribution in [0.4, 0.5) is 0 Å². The predicted octanol–water partition coefficient (Wildman–Crippen LogP) is 4.60. The second kappa shape index (κ2) is 10.8. The van der Waals surface area contributed by atoms with E-state index < -0.39 is 0 Å². The van der Waals surface area contributed by atoms with E-state index in [1.807, 2.05) is 35.2 Å². The molecule has 1 saturated heterocycles. The molecule has 1 aliphatic heterocycles. The first kappa shape index (κ1) is 23.2. The molecule has 0 bridgehead atoms. The topological polar surface area (TPSA) is 57.8 Å². The zero-order valence-electron chi connectivity index (χ0n) is 20.0. The van der Waals surface area contributed by atoms with E-state index >= 15 is 0 Å². The van der Waals surface area contributed by atoms with E-state index in [9.17, 15) is 4.79 Å². The number of benzene rings is 2. The summed E-state index contributed by atoms with van der Waals surface area (Å²) >= 11 is 0. The van der Waals surface area contributed by atoms with E-state index in [1.54, 1.807) is 14.2 Å². The smallest absolute Gasteiger partial charge is 0.270 e. The fraction of sp³-hybridized carbons (Fsp3) is 0.444. The third kappa shape index (κ3) is 5.69. The highest BCUT2D eigenvalue weighted by atomic mass is 16.5. The normalized spacial score (nSPS) is 16.6. The third-order valence-electron chi connectivity index (χ3n) is 6.66. The SMILES string of the molecule is CCN(CC1CCCN(CCc2cccc(OC)c2)C1)C(=O)c1cc2cc(OC)ccc2[nH]1. The van der Waals surface area contributed by atoms with Crippen LogP contribution in [0.1, 0.15) is 35.8 Å². The summed E-state index contributed by atoms with van der Waals surface area (Å²) in [6.45, 7) is 6.77. The maximum atomic E-state index is 13.3. The van der Waals surface area contributed by atoms with Crippen molar-refractivity contribution < 1.29 is 14.3 Å². The number of piperidine rings is 1. The van der Waals surface area contributed by atoms with Gasteiger partial charge in [-0.2, -0.15) is 0 Å². The number of likely N-dealkylation sites (tertiary alicyclic amines) is 1. The molecule has 4 rings (SSSR count). The van der Waals surface area contributed by atoms with E-state index in [1.165, 1.54) is 18.4 Å². The molecule has 176 valence electrons. The van der Waals surface area contributed by atoms with Crippen LogP contribution in [-0.4, -0.2) is 67.6 Å². The lowest BCUT2D eigenvalue weighted by atomic mass is 9.96. The van der Waals surface area contributed by atoms with Crippen molar-refractivity contribution in [2.24, 2.45) is 5.92 Å². The van der Waals surface area contributed by atoms with Crippen molar-refractivity contribution in [2.75, 3.05) is 46.9 Å². The first-order chi connectivity index (χ1) is 16.1. The van der Waals surface area contributed by atoms with Gasteiger partial charge in [0.2, 0.25) is 0 Å². The lowest BCUT2D eigenvalue weighted by Gasteiger charge is -2.35. The summed E-state index contributed by atoms with van der Waals surface area (Å²) in [5, 5.41) is 0.995. The summed E-state index contributed by atoms with van der Waals surface area (Å²) in [6, 6.07) is 16.1. The van der Waals surface area contributed by atoms with Gasteiger partial charge in [0, 0.05) is 37.1 Å². The maximum absolute atomic E-state index is 13.3. The largest absolute Gasteiger partial charge is 0.497 e. The van der Waals surface area contributed by atoms with Crippen LogP contribution in [0.3, 0.4) is 0 Å². The molecule has 1 atom stereocenters. The number of aromatic nitrogens is 1. The van der Waals surface area contributed by atoms with Crippen LogP contribution in [0.25, 0.3) is 10.9 Å². The van der Waals surface area contributed by atoms with Gasteiger partial charge in [-0.15, -0.1) is 0 Å². The third-order valence-corrected chi connectivity index (χ3v) is 6.66. The van der Waals surface area contributed by atoms with Crippen LogP contribution in [0.5, 0.6) is 11.5 Å². The molecule has 1 N–H and O–H groups in total. The molecule has 1 fully saturated rings. The fourth-order valence-corrected chi connectivity index (χ4v) is 4.81. The Bertz CT molecular complexity index is 1080. The van der Waals surface area contributed by atoms with Gasteiger partial charge in [-0.05, 0) is 80.6 Å². The Labute approximate surface area is 196 Å². The van der Waals surface area contributed by atoms with Crippen molar-refractivity contribution in [1.82, 2.24) is 14.8 Å². The Morgan fingerprint density at radius 1 is 1.12 bits per heavy atom. The number of carbonyl (C=O) groups is 1. The van der Waals surface area contributed by atoms with Crippen molar-refractivity contribution in [3.8, 4) is 11.5 Å². The average molecular weight is 450 g/mol. The molecule has 1 aliphatic rings. The summed E-state index contributed by atoms with van der Waals surface area (Å²) in [5.74, 6) is 2.28. The van der Waals surface area contributed by atoms with E-state index in [-0.39, 0.29) is 5.91 Å². The Morgan fingerprint density at radius 2 is 1.94 bits per heavy atom. The highest BCUT2D eigenvalue weighted by molar-refractivity contribution is 5.98. The molecule has 1 amide bonds. The van der Waals surface area contributed by atoms with Crippen LogP contribution >= 0.6 is 0 Å². The van der Waals surface area contributed by atoms with E-state index in [2.05, 4.69) is 35.0 Å². The van der Waals surface area contributed by atoms with Crippen molar-refractivity contribution in [2.45, 2.75) is 26.2 Å². The number of carbonyl (C=O) groups excluding carboxylic acids is 1. The number of H-pyrrole nitrogens is 1. The standard InChI is InChI=1S/C27H35N3O3/c1-4-30(27(31)26-17-22-16-24(33-3)10-11-25(22)28-26)19-21-8-6-13-29(18-21)14-12-20-7-5-9-23(15-20)32-2/h5,7,9-11,15-17,21,28H,4,6,8,12-14,18-19H2,1-3H3. The molecule has 0 spiro atoms. The van der Waals surface area contributed by atoms with Gasteiger partial charge in [0.25, 0.3) is 5.91 Å². The molecular formula is C27H35N3O3. The van der Waals surface area contributed by atoms with Crippen molar-refractivity contribution in [3.05, 3.63) is 59.8 Å². The molecule has 0 saturated carbocycles. The second-order valence-electron chi connectivity index (χ2n) is 8.89. The number of amides is 1. The zero-order chi connectivity index (χ0) is 23.2. The number of hydrogen-bond acceptors (Lipinski definition) is 4. The molecule has 0 radical (unpaired) electrons. The van der Waals surface area contributed by atoms with E-state index in [4.69, 9.17) is 9.47 Å². The van der Waals surface area contributed by atoms with Gasteiger partial charge < -0.3 is 24.3 Å². The zero-order valence-corrected chi connectivity index (χ0v) is 20.0. The minimum atomic E-state index is 0.0705. The van der Waals surface area contributed by atoms with Crippen LogP contribution in [0.15, 0.2) is 48.5 Å². The van der Waals surface area contributed by atoms with Crippen molar-refractivity contribution >= 4 is 16.8 Å².